The number of ether oxygens (including phenoxy) is 1. The minimum atomic E-state index is -0.498. The van der Waals surface area contributed by atoms with Crippen LogP contribution in [0, 0.1) is 0 Å². The zero-order valence-corrected chi connectivity index (χ0v) is 16.1. The van der Waals surface area contributed by atoms with Crippen LogP contribution < -0.4 is 5.56 Å². The number of rotatable bonds is 4. The van der Waals surface area contributed by atoms with Gasteiger partial charge in [-0.3, -0.25) is 9.20 Å². The van der Waals surface area contributed by atoms with Gasteiger partial charge in [0.25, 0.3) is 5.56 Å². The van der Waals surface area contributed by atoms with Gasteiger partial charge in [0.15, 0.2) is 4.96 Å². The molecule has 0 aliphatic heterocycles. The zero-order chi connectivity index (χ0) is 18.8. The van der Waals surface area contributed by atoms with Crippen LogP contribution in [0.5, 0.6) is 0 Å². The number of aryl methyl sites for hydroxylation is 2. The van der Waals surface area contributed by atoms with Crippen molar-refractivity contribution in [3.05, 3.63) is 73.6 Å². The maximum Gasteiger partial charge on any atom is 0.331 e. The molecule has 0 radical (unpaired) electrons. The number of aromatic nitrogens is 2. The van der Waals surface area contributed by atoms with Crippen molar-refractivity contribution in [3.63, 3.8) is 0 Å². The molecule has 1 aliphatic rings. The second-order valence-electron chi connectivity index (χ2n) is 6.38. The Morgan fingerprint density at radius 2 is 2.15 bits per heavy atom. The van der Waals surface area contributed by atoms with Crippen molar-refractivity contribution in [2.45, 2.75) is 32.3 Å². The van der Waals surface area contributed by atoms with Crippen LogP contribution in [0.25, 0.3) is 11.0 Å². The highest BCUT2D eigenvalue weighted by Crippen LogP contribution is 2.28. The number of fused-ring (bicyclic) bond motifs is 3. The lowest BCUT2D eigenvalue weighted by Crippen LogP contribution is -2.18. The molecule has 5 nitrogen and oxygen atoms in total. The number of nitrogens with zero attached hydrogens (tertiary/aromatic N) is 2. The lowest BCUT2D eigenvalue weighted by molar-refractivity contribution is -0.139. The lowest BCUT2D eigenvalue weighted by Gasteiger charge is -2.10. The average molecular weight is 401 g/mol. The molecule has 0 amide bonds. The quantitative estimate of drug-likeness (QED) is 0.489. The average Bonchev–Trinajstić information content (AvgIpc) is 3.03. The smallest absolute Gasteiger partial charge is 0.331 e. The molecule has 3 aromatic rings. The van der Waals surface area contributed by atoms with E-state index in [1.165, 1.54) is 17.0 Å². The molecule has 1 aliphatic carbocycles. The molecule has 27 heavy (non-hydrogen) atoms. The van der Waals surface area contributed by atoms with Crippen molar-refractivity contribution >= 4 is 39.9 Å². The molecule has 138 valence electrons. The molecule has 4 rings (SSSR count). The van der Waals surface area contributed by atoms with E-state index in [1.54, 1.807) is 40.0 Å². The normalized spacial score (nSPS) is 13.8. The van der Waals surface area contributed by atoms with Crippen LogP contribution >= 0.6 is 22.9 Å². The number of esters is 1. The Balaban J connectivity index is 1.47. The van der Waals surface area contributed by atoms with Gasteiger partial charge in [-0.1, -0.05) is 23.7 Å². The summed E-state index contributed by atoms with van der Waals surface area (Å²) in [5.41, 5.74) is 2.25. The van der Waals surface area contributed by atoms with Crippen LogP contribution in [0.2, 0.25) is 5.02 Å². The number of carbonyl (C=O) groups excluding carboxylic acids is 1. The van der Waals surface area contributed by atoms with Crippen LogP contribution in [-0.2, 0) is 29.0 Å². The monoisotopic (exact) mass is 400 g/mol. The third-order valence-corrected chi connectivity index (χ3v) is 5.82. The van der Waals surface area contributed by atoms with E-state index in [2.05, 4.69) is 4.98 Å². The second kappa shape index (κ2) is 7.66. The Bertz CT molecular complexity index is 1100. The van der Waals surface area contributed by atoms with Crippen molar-refractivity contribution in [2.75, 3.05) is 0 Å². The summed E-state index contributed by atoms with van der Waals surface area (Å²) in [6.07, 6.45) is 7.14. The Morgan fingerprint density at radius 1 is 1.30 bits per heavy atom. The highest BCUT2D eigenvalue weighted by atomic mass is 35.5. The topological polar surface area (TPSA) is 60.7 Å². The first kappa shape index (κ1) is 17.9. The maximum atomic E-state index is 12.5. The summed E-state index contributed by atoms with van der Waals surface area (Å²) in [7, 11) is 0. The Labute approximate surface area is 164 Å². The number of carbonyl (C=O) groups is 1. The summed E-state index contributed by atoms with van der Waals surface area (Å²) in [4.78, 5) is 30.8. The van der Waals surface area contributed by atoms with Crippen molar-refractivity contribution in [3.8, 4) is 0 Å². The third-order valence-electron chi connectivity index (χ3n) is 4.44. The van der Waals surface area contributed by atoms with Gasteiger partial charge in [0.1, 0.15) is 6.61 Å². The van der Waals surface area contributed by atoms with E-state index in [0.717, 1.165) is 36.9 Å². The summed E-state index contributed by atoms with van der Waals surface area (Å²) in [5.74, 6) is -0.498. The molecule has 0 spiro atoms. The summed E-state index contributed by atoms with van der Waals surface area (Å²) in [6, 6.07) is 8.61. The van der Waals surface area contributed by atoms with Gasteiger partial charge in [-0.05, 0) is 49.5 Å². The summed E-state index contributed by atoms with van der Waals surface area (Å²) < 4.78 is 6.92. The minimum absolute atomic E-state index is 0.0347. The van der Waals surface area contributed by atoms with Crippen molar-refractivity contribution in [2.24, 2.45) is 0 Å². The summed E-state index contributed by atoms with van der Waals surface area (Å²) in [6.45, 7) is -0.0347. The van der Waals surface area contributed by atoms with E-state index < -0.39 is 5.97 Å². The maximum absolute atomic E-state index is 12.5. The molecule has 1 aromatic carbocycles. The van der Waals surface area contributed by atoms with Crippen LogP contribution in [0.15, 0.2) is 41.2 Å². The van der Waals surface area contributed by atoms with E-state index in [1.807, 2.05) is 6.07 Å². The first-order valence-corrected chi connectivity index (χ1v) is 9.93. The molecule has 0 unspecified atom stereocenters. The lowest BCUT2D eigenvalue weighted by atomic mass is 10.0. The Hall–Kier alpha value is -2.44. The summed E-state index contributed by atoms with van der Waals surface area (Å²) in [5, 5.41) is 0.599. The van der Waals surface area contributed by atoms with Gasteiger partial charge in [-0.25, -0.2) is 9.78 Å². The van der Waals surface area contributed by atoms with Gasteiger partial charge < -0.3 is 4.74 Å². The van der Waals surface area contributed by atoms with Crippen LogP contribution in [0.1, 0.15) is 34.7 Å². The number of benzene rings is 1. The van der Waals surface area contributed by atoms with Crippen molar-refractivity contribution < 1.29 is 9.53 Å². The Kier molecular flexibility index (Phi) is 5.09. The van der Waals surface area contributed by atoms with Crippen LogP contribution in [-0.4, -0.2) is 15.4 Å². The fraction of sp³-hybridized carbons (Fsp3) is 0.250. The van der Waals surface area contributed by atoms with E-state index in [-0.39, 0.29) is 12.2 Å². The van der Waals surface area contributed by atoms with Gasteiger partial charge in [-0.2, -0.15) is 0 Å². The third kappa shape index (κ3) is 3.96. The fourth-order valence-corrected chi connectivity index (χ4v) is 4.61. The number of hydrogen-bond donors (Lipinski definition) is 0. The van der Waals surface area contributed by atoms with E-state index in [4.69, 9.17) is 16.3 Å². The largest absolute Gasteiger partial charge is 0.456 e. The van der Waals surface area contributed by atoms with Gasteiger partial charge in [0.2, 0.25) is 0 Å². The number of thiazole rings is 1. The number of hydrogen-bond acceptors (Lipinski definition) is 5. The van der Waals surface area contributed by atoms with Crippen LogP contribution in [0.3, 0.4) is 0 Å². The molecule has 0 atom stereocenters. The molecule has 2 aromatic heterocycles. The fourth-order valence-electron chi connectivity index (χ4n) is 3.18. The van der Waals surface area contributed by atoms with E-state index in [9.17, 15) is 9.59 Å². The van der Waals surface area contributed by atoms with Crippen molar-refractivity contribution in [1.82, 2.24) is 9.38 Å². The van der Waals surface area contributed by atoms with Crippen molar-refractivity contribution in [1.29, 1.82) is 0 Å². The molecule has 0 saturated carbocycles. The molecule has 2 heterocycles. The first-order valence-electron chi connectivity index (χ1n) is 8.74. The Morgan fingerprint density at radius 3 is 3.00 bits per heavy atom. The van der Waals surface area contributed by atoms with E-state index >= 15 is 0 Å². The van der Waals surface area contributed by atoms with Crippen LogP contribution in [0.4, 0.5) is 0 Å². The summed E-state index contributed by atoms with van der Waals surface area (Å²) >= 11 is 7.47. The van der Waals surface area contributed by atoms with Gasteiger partial charge in [-0.15, -0.1) is 11.3 Å². The van der Waals surface area contributed by atoms with Gasteiger partial charge >= 0.3 is 5.97 Å². The zero-order valence-electron chi connectivity index (χ0n) is 14.5. The highest BCUT2D eigenvalue weighted by molar-refractivity contribution is 7.17. The first-order chi connectivity index (χ1) is 13.1. The predicted molar refractivity (Wildman–Crippen MR) is 106 cm³/mol. The molecule has 0 N–H and O–H groups in total. The predicted octanol–water partition coefficient (Wildman–Crippen LogP) is 4.04. The second-order valence-corrected chi connectivity index (χ2v) is 7.88. The van der Waals surface area contributed by atoms with Gasteiger partial charge in [0.05, 0.1) is 5.69 Å². The molecule has 0 saturated heterocycles. The molecular weight excluding hydrogens is 384 g/mol. The standard InChI is InChI=1S/C20H17ClN2O3S/c21-14-5-3-4-13(10-14)8-9-19(25)26-12-15-11-18(24)23-16-6-1-2-7-17(16)27-20(23)22-15/h3-5,8-11H,1-2,6-7,12H2/b9-8+. The molecule has 7 heteroatoms. The molecule has 0 fully saturated rings. The number of halogens is 1. The highest BCUT2D eigenvalue weighted by Gasteiger charge is 2.18. The SMILES string of the molecule is O=C(/C=C/c1cccc(Cl)c1)OCc1cc(=O)n2c3c(sc2n1)CCCC3. The van der Waals surface area contributed by atoms with E-state index in [0.29, 0.717) is 15.7 Å². The minimum Gasteiger partial charge on any atom is -0.456 e. The molecule has 0 bridgehead atoms. The van der Waals surface area contributed by atoms with Gasteiger partial charge in [0, 0.05) is 27.7 Å². The molecular formula is C20H17ClN2O3S.